The molecule has 0 aromatic carbocycles. The van der Waals surface area contributed by atoms with E-state index in [4.69, 9.17) is 5.73 Å². The standard InChI is InChI=1S/C12H14F2N6.CH5N/c13-11(14)20-7-8(6-16-20)9-5-10(18-12(15)17-9)19-3-1-2-4-19;1-2/h5-7,11H,1-4H2,(H2,15,17,18);2H2,1H3. The molecule has 120 valence electrons. The zero-order chi connectivity index (χ0) is 16.1. The second-order valence-corrected chi connectivity index (χ2v) is 4.65. The molecule has 22 heavy (non-hydrogen) atoms. The fraction of sp³-hybridized carbons (Fsp3) is 0.462. The molecule has 1 fully saturated rings. The summed E-state index contributed by atoms with van der Waals surface area (Å²) in [6, 6.07) is 1.76. The Hall–Kier alpha value is -2.29. The van der Waals surface area contributed by atoms with Gasteiger partial charge in [0.05, 0.1) is 11.9 Å². The first-order valence-electron chi connectivity index (χ1n) is 6.93. The highest BCUT2D eigenvalue weighted by Gasteiger charge is 2.17. The summed E-state index contributed by atoms with van der Waals surface area (Å²) >= 11 is 0. The number of alkyl halides is 2. The molecule has 0 spiro atoms. The third kappa shape index (κ3) is 3.48. The molecule has 3 heterocycles. The molecule has 2 aromatic heterocycles. The molecule has 0 bridgehead atoms. The average Bonchev–Trinajstić information content (AvgIpc) is 3.20. The molecule has 1 aliphatic heterocycles. The van der Waals surface area contributed by atoms with Gasteiger partial charge in [0.1, 0.15) is 5.82 Å². The Morgan fingerprint density at radius 2 is 1.86 bits per heavy atom. The fourth-order valence-corrected chi connectivity index (χ4v) is 2.29. The van der Waals surface area contributed by atoms with Gasteiger partial charge in [0.2, 0.25) is 5.95 Å². The molecule has 0 atom stereocenters. The van der Waals surface area contributed by atoms with Crippen molar-refractivity contribution in [2.75, 3.05) is 30.8 Å². The van der Waals surface area contributed by atoms with Crippen LogP contribution in [-0.4, -0.2) is 39.9 Å². The molecular weight excluding hydrogens is 292 g/mol. The van der Waals surface area contributed by atoms with Crippen LogP contribution < -0.4 is 16.4 Å². The van der Waals surface area contributed by atoms with E-state index in [0.717, 1.165) is 31.7 Å². The van der Waals surface area contributed by atoms with Crippen molar-refractivity contribution in [1.29, 1.82) is 0 Å². The maximum Gasteiger partial charge on any atom is 0.333 e. The lowest BCUT2D eigenvalue weighted by molar-refractivity contribution is 0.0566. The summed E-state index contributed by atoms with van der Waals surface area (Å²) in [6.07, 6.45) is 4.83. The summed E-state index contributed by atoms with van der Waals surface area (Å²) in [5.74, 6) is 0.865. The van der Waals surface area contributed by atoms with Crippen LogP contribution in [0.5, 0.6) is 0 Å². The van der Waals surface area contributed by atoms with Gasteiger partial charge in [0.15, 0.2) is 0 Å². The number of hydrogen-bond donors (Lipinski definition) is 2. The highest BCUT2D eigenvalue weighted by Crippen LogP contribution is 2.25. The van der Waals surface area contributed by atoms with Crippen molar-refractivity contribution in [3.05, 3.63) is 18.5 Å². The number of nitrogens with two attached hydrogens (primary N) is 2. The first-order chi connectivity index (χ1) is 10.6. The van der Waals surface area contributed by atoms with E-state index in [1.54, 1.807) is 6.07 Å². The van der Waals surface area contributed by atoms with Crippen molar-refractivity contribution in [3.63, 3.8) is 0 Å². The van der Waals surface area contributed by atoms with Crippen molar-refractivity contribution < 1.29 is 8.78 Å². The number of nitrogens with zero attached hydrogens (tertiary/aromatic N) is 5. The van der Waals surface area contributed by atoms with E-state index in [0.29, 0.717) is 15.9 Å². The molecule has 0 radical (unpaired) electrons. The number of aromatic nitrogens is 4. The van der Waals surface area contributed by atoms with E-state index in [1.165, 1.54) is 19.4 Å². The highest BCUT2D eigenvalue weighted by molar-refractivity contribution is 5.63. The van der Waals surface area contributed by atoms with Crippen LogP contribution in [0.3, 0.4) is 0 Å². The van der Waals surface area contributed by atoms with Crippen LogP contribution in [0.25, 0.3) is 11.3 Å². The number of hydrogen-bond acceptors (Lipinski definition) is 6. The summed E-state index contributed by atoms with van der Waals surface area (Å²) in [5, 5.41) is 3.60. The van der Waals surface area contributed by atoms with Gasteiger partial charge in [-0.1, -0.05) is 0 Å². The second kappa shape index (κ2) is 7.12. The van der Waals surface area contributed by atoms with E-state index >= 15 is 0 Å². The van der Waals surface area contributed by atoms with E-state index < -0.39 is 6.55 Å². The van der Waals surface area contributed by atoms with Crippen LogP contribution >= 0.6 is 0 Å². The normalized spacial score (nSPS) is 14.1. The number of halogens is 2. The lowest BCUT2D eigenvalue weighted by Crippen LogP contribution is -2.19. The summed E-state index contributed by atoms with van der Waals surface area (Å²) in [4.78, 5) is 10.4. The number of rotatable bonds is 3. The van der Waals surface area contributed by atoms with Gasteiger partial charge in [-0.2, -0.15) is 18.9 Å². The van der Waals surface area contributed by atoms with Crippen molar-refractivity contribution >= 4 is 11.8 Å². The largest absolute Gasteiger partial charge is 0.368 e. The first kappa shape index (κ1) is 16.1. The van der Waals surface area contributed by atoms with E-state index in [1.807, 2.05) is 0 Å². The molecular formula is C13H19F2N7. The molecule has 7 nitrogen and oxygen atoms in total. The summed E-state index contributed by atoms with van der Waals surface area (Å²) in [7, 11) is 1.50. The van der Waals surface area contributed by atoms with E-state index in [9.17, 15) is 8.78 Å². The van der Waals surface area contributed by atoms with Crippen LogP contribution in [0.1, 0.15) is 19.4 Å². The minimum Gasteiger partial charge on any atom is -0.368 e. The van der Waals surface area contributed by atoms with Crippen LogP contribution in [0.15, 0.2) is 18.5 Å². The Morgan fingerprint density at radius 3 is 2.45 bits per heavy atom. The van der Waals surface area contributed by atoms with Gasteiger partial charge >= 0.3 is 6.55 Å². The lowest BCUT2D eigenvalue weighted by atomic mass is 10.2. The highest BCUT2D eigenvalue weighted by atomic mass is 19.3. The van der Waals surface area contributed by atoms with Crippen molar-refractivity contribution in [1.82, 2.24) is 19.7 Å². The predicted molar refractivity (Wildman–Crippen MR) is 80.5 cm³/mol. The molecule has 1 saturated heterocycles. The van der Waals surface area contributed by atoms with Gasteiger partial charge in [-0.25, -0.2) is 9.67 Å². The summed E-state index contributed by atoms with van der Waals surface area (Å²) in [5.41, 5.74) is 11.2. The minimum atomic E-state index is -2.67. The molecule has 9 heteroatoms. The molecule has 0 amide bonds. The second-order valence-electron chi connectivity index (χ2n) is 4.65. The van der Waals surface area contributed by atoms with Crippen molar-refractivity contribution in [2.24, 2.45) is 5.73 Å². The maximum atomic E-state index is 12.5. The molecule has 0 unspecified atom stereocenters. The Labute approximate surface area is 126 Å². The third-order valence-corrected chi connectivity index (χ3v) is 3.26. The van der Waals surface area contributed by atoms with Crippen molar-refractivity contribution in [3.8, 4) is 11.3 Å². The number of nitrogen functional groups attached to an aromatic ring is 1. The minimum absolute atomic E-state index is 0.134. The van der Waals surface area contributed by atoms with Gasteiger partial charge in [-0.3, -0.25) is 0 Å². The Bertz CT molecular complexity index is 608. The molecule has 0 saturated carbocycles. The zero-order valence-corrected chi connectivity index (χ0v) is 12.3. The van der Waals surface area contributed by atoms with E-state index in [2.05, 4.69) is 25.7 Å². The number of anilines is 2. The SMILES string of the molecule is CN.Nc1nc(-c2cnn(C(F)F)c2)cc(N2CCCC2)n1. The Morgan fingerprint density at radius 1 is 1.18 bits per heavy atom. The Balaban J connectivity index is 0.000000847. The van der Waals surface area contributed by atoms with Gasteiger partial charge in [-0.05, 0) is 19.9 Å². The molecule has 3 rings (SSSR count). The van der Waals surface area contributed by atoms with Crippen LogP contribution in [0, 0.1) is 0 Å². The molecule has 0 aliphatic carbocycles. The smallest absolute Gasteiger partial charge is 0.333 e. The first-order valence-corrected chi connectivity index (χ1v) is 6.93. The lowest BCUT2D eigenvalue weighted by Gasteiger charge is -2.16. The molecule has 4 N–H and O–H groups in total. The average molecular weight is 311 g/mol. The van der Waals surface area contributed by atoms with E-state index in [-0.39, 0.29) is 5.95 Å². The van der Waals surface area contributed by atoms with Crippen LogP contribution in [0.2, 0.25) is 0 Å². The quantitative estimate of drug-likeness (QED) is 0.891. The predicted octanol–water partition coefficient (Wildman–Crippen LogP) is 1.49. The van der Waals surface area contributed by atoms with Gasteiger partial charge in [0.25, 0.3) is 0 Å². The maximum absolute atomic E-state index is 12.5. The zero-order valence-electron chi connectivity index (χ0n) is 12.3. The van der Waals surface area contributed by atoms with Crippen LogP contribution in [-0.2, 0) is 0 Å². The summed E-state index contributed by atoms with van der Waals surface area (Å²) < 4.78 is 25.7. The van der Waals surface area contributed by atoms with Gasteiger partial charge in [-0.15, -0.1) is 0 Å². The van der Waals surface area contributed by atoms with Crippen molar-refractivity contribution in [2.45, 2.75) is 19.4 Å². The summed E-state index contributed by atoms with van der Waals surface area (Å²) in [6.45, 7) is -0.820. The monoisotopic (exact) mass is 311 g/mol. The van der Waals surface area contributed by atoms with Gasteiger partial charge in [0, 0.05) is 30.9 Å². The fourth-order valence-electron chi connectivity index (χ4n) is 2.29. The molecule has 2 aromatic rings. The van der Waals surface area contributed by atoms with Gasteiger partial charge < -0.3 is 16.4 Å². The third-order valence-electron chi connectivity index (χ3n) is 3.26. The topological polar surface area (TPSA) is 98.9 Å². The van der Waals surface area contributed by atoms with Crippen LogP contribution in [0.4, 0.5) is 20.5 Å². The Kier molecular flexibility index (Phi) is 5.21. The molecule has 1 aliphatic rings.